The summed E-state index contributed by atoms with van der Waals surface area (Å²) in [5.41, 5.74) is 7.01. The van der Waals surface area contributed by atoms with E-state index in [1.165, 1.54) is 0 Å². The van der Waals surface area contributed by atoms with Gasteiger partial charge >= 0.3 is 0 Å². The van der Waals surface area contributed by atoms with Crippen LogP contribution in [0.2, 0.25) is 0 Å². The zero-order valence-electron chi connectivity index (χ0n) is 11.1. The third-order valence-electron chi connectivity index (χ3n) is 2.63. The van der Waals surface area contributed by atoms with Crippen LogP contribution in [0.3, 0.4) is 0 Å². The van der Waals surface area contributed by atoms with Crippen molar-refractivity contribution < 1.29 is 9.53 Å². The Bertz CT molecular complexity index is 602. The fourth-order valence-corrected chi connectivity index (χ4v) is 2.11. The Morgan fingerprint density at radius 3 is 2.80 bits per heavy atom. The first-order chi connectivity index (χ1) is 9.69. The third kappa shape index (κ3) is 3.93. The molecular formula is C15H16N2O2S. The maximum absolute atomic E-state index is 11.8. The van der Waals surface area contributed by atoms with Gasteiger partial charge in [-0.1, -0.05) is 18.2 Å². The van der Waals surface area contributed by atoms with Crippen LogP contribution in [0.1, 0.15) is 0 Å². The highest BCUT2D eigenvalue weighted by molar-refractivity contribution is 7.98. The number of rotatable bonds is 5. The highest BCUT2D eigenvalue weighted by Gasteiger charge is 2.05. The molecule has 104 valence electrons. The Morgan fingerprint density at radius 2 is 2.05 bits per heavy atom. The van der Waals surface area contributed by atoms with Crippen LogP contribution in [0.5, 0.6) is 5.75 Å². The number of ether oxygens (including phenoxy) is 1. The molecule has 0 aromatic heterocycles. The summed E-state index contributed by atoms with van der Waals surface area (Å²) in [6.07, 6.45) is 1.99. The van der Waals surface area contributed by atoms with Crippen molar-refractivity contribution in [2.45, 2.75) is 4.90 Å². The molecule has 2 aromatic carbocycles. The average molecular weight is 288 g/mol. The molecule has 0 aliphatic heterocycles. The zero-order valence-corrected chi connectivity index (χ0v) is 11.9. The van der Waals surface area contributed by atoms with Gasteiger partial charge in [-0.2, -0.15) is 0 Å². The SMILES string of the molecule is CSc1cccc(NC(=O)COc2ccccc2N)c1. The van der Waals surface area contributed by atoms with E-state index in [-0.39, 0.29) is 12.5 Å². The van der Waals surface area contributed by atoms with E-state index < -0.39 is 0 Å². The molecule has 3 N–H and O–H groups in total. The van der Waals surface area contributed by atoms with Crippen molar-refractivity contribution in [1.82, 2.24) is 0 Å². The van der Waals surface area contributed by atoms with Crippen molar-refractivity contribution in [2.24, 2.45) is 0 Å². The number of carbonyl (C=O) groups excluding carboxylic acids is 1. The minimum absolute atomic E-state index is 0.0717. The summed E-state index contributed by atoms with van der Waals surface area (Å²) < 4.78 is 5.39. The summed E-state index contributed by atoms with van der Waals surface area (Å²) in [5.74, 6) is 0.298. The van der Waals surface area contributed by atoms with E-state index in [1.54, 1.807) is 23.9 Å². The quantitative estimate of drug-likeness (QED) is 0.655. The van der Waals surface area contributed by atoms with E-state index >= 15 is 0 Å². The molecular weight excluding hydrogens is 272 g/mol. The van der Waals surface area contributed by atoms with E-state index in [2.05, 4.69) is 5.32 Å². The molecule has 0 unspecified atom stereocenters. The highest BCUT2D eigenvalue weighted by atomic mass is 32.2. The van der Waals surface area contributed by atoms with Gasteiger partial charge in [-0.15, -0.1) is 11.8 Å². The summed E-state index contributed by atoms with van der Waals surface area (Å²) in [7, 11) is 0. The lowest BCUT2D eigenvalue weighted by atomic mass is 10.3. The molecule has 20 heavy (non-hydrogen) atoms. The molecule has 0 spiro atoms. The Balaban J connectivity index is 1.91. The van der Waals surface area contributed by atoms with Crippen LogP contribution in [0.4, 0.5) is 11.4 Å². The zero-order chi connectivity index (χ0) is 14.4. The summed E-state index contributed by atoms with van der Waals surface area (Å²) in [6.45, 7) is -0.0717. The lowest BCUT2D eigenvalue weighted by molar-refractivity contribution is -0.118. The molecule has 2 rings (SSSR count). The van der Waals surface area contributed by atoms with E-state index in [4.69, 9.17) is 10.5 Å². The number of nitrogen functional groups attached to an aromatic ring is 1. The standard InChI is InChI=1S/C15H16N2O2S/c1-20-12-6-4-5-11(9-12)17-15(18)10-19-14-8-3-2-7-13(14)16/h2-9H,10,16H2,1H3,(H,17,18). The lowest BCUT2D eigenvalue weighted by Gasteiger charge is -2.09. The molecule has 0 fully saturated rings. The number of anilines is 2. The van der Waals surface area contributed by atoms with E-state index in [1.807, 2.05) is 42.7 Å². The van der Waals surface area contributed by atoms with Gasteiger partial charge in [0.2, 0.25) is 0 Å². The minimum Gasteiger partial charge on any atom is -0.482 e. The van der Waals surface area contributed by atoms with Crippen molar-refractivity contribution in [3.63, 3.8) is 0 Å². The fraction of sp³-hybridized carbons (Fsp3) is 0.133. The molecule has 0 aliphatic carbocycles. The Kier molecular flexibility index (Phi) is 4.90. The van der Waals surface area contributed by atoms with Crippen molar-refractivity contribution >= 4 is 29.0 Å². The second-order valence-electron chi connectivity index (χ2n) is 4.11. The van der Waals surface area contributed by atoms with Gasteiger partial charge in [0.15, 0.2) is 6.61 Å². The Hall–Kier alpha value is -2.14. The maximum atomic E-state index is 11.8. The first kappa shape index (κ1) is 14.3. The second kappa shape index (κ2) is 6.86. The molecule has 0 radical (unpaired) electrons. The number of thioether (sulfide) groups is 1. The van der Waals surface area contributed by atoms with Gasteiger partial charge in [0.05, 0.1) is 5.69 Å². The van der Waals surface area contributed by atoms with Crippen LogP contribution in [-0.2, 0) is 4.79 Å². The number of hydrogen-bond acceptors (Lipinski definition) is 4. The second-order valence-corrected chi connectivity index (χ2v) is 4.99. The monoisotopic (exact) mass is 288 g/mol. The number of carbonyl (C=O) groups is 1. The van der Waals surface area contributed by atoms with Gasteiger partial charge in [-0.25, -0.2) is 0 Å². The number of para-hydroxylation sites is 2. The van der Waals surface area contributed by atoms with Crippen molar-refractivity contribution in [2.75, 3.05) is 23.9 Å². The van der Waals surface area contributed by atoms with Crippen LogP contribution in [0.25, 0.3) is 0 Å². The number of nitrogens with one attached hydrogen (secondary N) is 1. The normalized spacial score (nSPS) is 10.1. The molecule has 2 aromatic rings. The van der Waals surface area contributed by atoms with Gasteiger partial charge in [-0.3, -0.25) is 4.79 Å². The largest absolute Gasteiger partial charge is 0.482 e. The van der Waals surface area contributed by atoms with Crippen molar-refractivity contribution in [3.05, 3.63) is 48.5 Å². The van der Waals surface area contributed by atoms with Gasteiger partial charge in [0.25, 0.3) is 5.91 Å². The predicted molar refractivity (Wildman–Crippen MR) is 83.2 cm³/mol. The van der Waals surface area contributed by atoms with Crippen LogP contribution in [0, 0.1) is 0 Å². The van der Waals surface area contributed by atoms with Crippen LogP contribution in [0.15, 0.2) is 53.4 Å². The average Bonchev–Trinajstić information content (AvgIpc) is 2.46. The summed E-state index contributed by atoms with van der Waals surface area (Å²) in [6, 6.07) is 14.7. The molecule has 0 atom stereocenters. The smallest absolute Gasteiger partial charge is 0.262 e. The lowest BCUT2D eigenvalue weighted by Crippen LogP contribution is -2.20. The molecule has 0 heterocycles. The highest BCUT2D eigenvalue weighted by Crippen LogP contribution is 2.20. The topological polar surface area (TPSA) is 64.3 Å². The minimum atomic E-state index is -0.216. The molecule has 1 amide bonds. The molecule has 0 saturated heterocycles. The van der Waals surface area contributed by atoms with Gasteiger partial charge in [0.1, 0.15) is 5.75 Å². The fourth-order valence-electron chi connectivity index (χ4n) is 1.65. The molecule has 5 heteroatoms. The van der Waals surface area contributed by atoms with Crippen LogP contribution >= 0.6 is 11.8 Å². The van der Waals surface area contributed by atoms with E-state index in [0.717, 1.165) is 10.6 Å². The number of amides is 1. The predicted octanol–water partition coefficient (Wildman–Crippen LogP) is 3.01. The molecule has 0 aliphatic rings. The Labute approximate surface area is 122 Å². The molecule has 4 nitrogen and oxygen atoms in total. The van der Waals surface area contributed by atoms with Crippen molar-refractivity contribution in [3.8, 4) is 5.75 Å². The van der Waals surface area contributed by atoms with Gasteiger partial charge in [-0.05, 0) is 36.6 Å². The number of hydrogen-bond donors (Lipinski definition) is 2. The van der Waals surface area contributed by atoms with Crippen LogP contribution < -0.4 is 15.8 Å². The number of nitrogens with two attached hydrogens (primary N) is 1. The molecule has 0 saturated carbocycles. The summed E-state index contributed by atoms with van der Waals surface area (Å²) >= 11 is 1.62. The number of benzene rings is 2. The first-order valence-electron chi connectivity index (χ1n) is 6.10. The third-order valence-corrected chi connectivity index (χ3v) is 3.36. The maximum Gasteiger partial charge on any atom is 0.262 e. The summed E-state index contributed by atoms with van der Waals surface area (Å²) in [5, 5.41) is 2.79. The first-order valence-corrected chi connectivity index (χ1v) is 7.32. The van der Waals surface area contributed by atoms with E-state index in [9.17, 15) is 4.79 Å². The molecule has 0 bridgehead atoms. The van der Waals surface area contributed by atoms with Gasteiger partial charge in [0, 0.05) is 10.6 Å². The summed E-state index contributed by atoms with van der Waals surface area (Å²) in [4.78, 5) is 12.9. The van der Waals surface area contributed by atoms with Crippen LogP contribution in [-0.4, -0.2) is 18.8 Å². The van der Waals surface area contributed by atoms with Crippen molar-refractivity contribution in [1.29, 1.82) is 0 Å². The Morgan fingerprint density at radius 1 is 1.25 bits per heavy atom. The van der Waals surface area contributed by atoms with Gasteiger partial charge < -0.3 is 15.8 Å². The van der Waals surface area contributed by atoms with E-state index in [0.29, 0.717) is 11.4 Å².